The fourth-order valence-electron chi connectivity index (χ4n) is 1.46. The van der Waals surface area contributed by atoms with Gasteiger partial charge in [0.1, 0.15) is 0 Å². The maximum absolute atomic E-state index is 11.7. The number of aromatic nitrogens is 1. The molecular weight excluding hydrogens is 176 g/mol. The van der Waals surface area contributed by atoms with Crippen molar-refractivity contribution >= 4 is 5.78 Å². The molecule has 78 valence electrons. The maximum Gasteiger partial charge on any atom is 0.192 e. The summed E-state index contributed by atoms with van der Waals surface area (Å²) in [5.41, 5.74) is 0.708. The molecule has 3 heteroatoms. The van der Waals surface area contributed by atoms with Gasteiger partial charge in [-0.05, 0) is 31.6 Å². The Balaban J connectivity index is 2.47. The summed E-state index contributed by atoms with van der Waals surface area (Å²) in [6.07, 6.45) is 2.87. The van der Waals surface area contributed by atoms with E-state index in [-0.39, 0.29) is 5.78 Å². The molecular formula is C11H18N2O. The van der Waals surface area contributed by atoms with Crippen LogP contribution in [0, 0.1) is 0 Å². The van der Waals surface area contributed by atoms with E-state index < -0.39 is 0 Å². The molecule has 0 saturated carbocycles. The van der Waals surface area contributed by atoms with Crippen molar-refractivity contribution in [2.75, 3.05) is 19.6 Å². The molecule has 0 atom stereocenters. The van der Waals surface area contributed by atoms with Crippen molar-refractivity contribution in [2.45, 2.75) is 20.3 Å². The molecule has 0 aliphatic heterocycles. The van der Waals surface area contributed by atoms with E-state index in [2.05, 4.69) is 23.7 Å². The van der Waals surface area contributed by atoms with Crippen molar-refractivity contribution in [1.29, 1.82) is 0 Å². The summed E-state index contributed by atoms with van der Waals surface area (Å²) in [4.78, 5) is 16.8. The summed E-state index contributed by atoms with van der Waals surface area (Å²) in [5.74, 6) is 0.172. The molecule has 3 nitrogen and oxygen atoms in total. The smallest absolute Gasteiger partial charge is 0.192 e. The zero-order chi connectivity index (χ0) is 10.4. The highest BCUT2D eigenvalue weighted by Crippen LogP contribution is 1.99. The molecule has 0 aromatic carbocycles. The fourth-order valence-corrected chi connectivity index (χ4v) is 1.46. The lowest BCUT2D eigenvalue weighted by Crippen LogP contribution is -2.30. The molecule has 0 saturated heterocycles. The van der Waals surface area contributed by atoms with Gasteiger partial charge in [0.15, 0.2) is 5.78 Å². The van der Waals surface area contributed by atoms with E-state index >= 15 is 0 Å². The Morgan fingerprint density at radius 3 is 2.79 bits per heavy atom. The molecule has 1 rings (SSSR count). The highest BCUT2D eigenvalue weighted by atomic mass is 16.1. The topological polar surface area (TPSA) is 36.1 Å². The van der Waals surface area contributed by atoms with Crippen molar-refractivity contribution in [3.63, 3.8) is 0 Å². The highest BCUT2D eigenvalue weighted by Gasteiger charge is 2.10. The molecule has 0 bridgehead atoms. The quantitative estimate of drug-likeness (QED) is 0.702. The van der Waals surface area contributed by atoms with Crippen LogP contribution in [0.15, 0.2) is 18.3 Å². The Kier molecular flexibility index (Phi) is 4.40. The second-order valence-corrected chi connectivity index (χ2v) is 3.38. The van der Waals surface area contributed by atoms with Crippen LogP contribution in [-0.4, -0.2) is 35.3 Å². The predicted molar refractivity (Wildman–Crippen MR) is 57.5 cm³/mol. The zero-order valence-electron chi connectivity index (χ0n) is 8.92. The van der Waals surface area contributed by atoms with E-state index in [0.29, 0.717) is 12.2 Å². The first kappa shape index (κ1) is 11.0. The first-order valence-corrected chi connectivity index (χ1v) is 5.16. The standard InChI is InChI=1S/C11H18N2O/c1-3-8-13(4-2)9-11(14)10-6-5-7-12-10/h5-7,12H,3-4,8-9H2,1-2H3. The number of rotatable bonds is 6. The Hall–Kier alpha value is -1.09. The average molecular weight is 194 g/mol. The molecule has 0 unspecified atom stereocenters. The van der Waals surface area contributed by atoms with Crippen LogP contribution in [0.5, 0.6) is 0 Å². The van der Waals surface area contributed by atoms with E-state index in [4.69, 9.17) is 0 Å². The molecule has 1 aromatic heterocycles. The van der Waals surface area contributed by atoms with E-state index in [0.717, 1.165) is 19.5 Å². The van der Waals surface area contributed by atoms with Crippen LogP contribution in [0.25, 0.3) is 0 Å². The van der Waals surface area contributed by atoms with Gasteiger partial charge in [0.2, 0.25) is 0 Å². The molecule has 1 aromatic rings. The first-order chi connectivity index (χ1) is 6.77. The van der Waals surface area contributed by atoms with Gasteiger partial charge in [-0.2, -0.15) is 0 Å². The number of nitrogens with one attached hydrogen (secondary N) is 1. The predicted octanol–water partition coefficient (Wildman–Crippen LogP) is 1.93. The normalized spacial score (nSPS) is 10.8. The summed E-state index contributed by atoms with van der Waals surface area (Å²) < 4.78 is 0. The number of nitrogens with zero attached hydrogens (tertiary/aromatic N) is 1. The minimum absolute atomic E-state index is 0.172. The number of hydrogen-bond donors (Lipinski definition) is 1. The first-order valence-electron chi connectivity index (χ1n) is 5.16. The number of hydrogen-bond acceptors (Lipinski definition) is 2. The Morgan fingerprint density at radius 2 is 2.29 bits per heavy atom. The molecule has 0 amide bonds. The van der Waals surface area contributed by atoms with Gasteiger partial charge < -0.3 is 4.98 Å². The number of aromatic amines is 1. The van der Waals surface area contributed by atoms with Crippen molar-refractivity contribution < 1.29 is 4.79 Å². The van der Waals surface area contributed by atoms with Crippen molar-refractivity contribution in [2.24, 2.45) is 0 Å². The summed E-state index contributed by atoms with van der Waals surface area (Å²) in [5, 5.41) is 0. The second-order valence-electron chi connectivity index (χ2n) is 3.38. The number of ketones is 1. The summed E-state index contributed by atoms with van der Waals surface area (Å²) in [6.45, 7) is 6.65. The molecule has 0 fully saturated rings. The van der Waals surface area contributed by atoms with Crippen LogP contribution in [0.4, 0.5) is 0 Å². The number of carbonyl (C=O) groups is 1. The van der Waals surface area contributed by atoms with Crippen LogP contribution in [-0.2, 0) is 0 Å². The van der Waals surface area contributed by atoms with E-state index in [1.807, 2.05) is 12.1 Å². The Labute approximate surface area is 85.1 Å². The van der Waals surface area contributed by atoms with E-state index in [1.165, 1.54) is 0 Å². The Morgan fingerprint density at radius 1 is 1.50 bits per heavy atom. The zero-order valence-corrected chi connectivity index (χ0v) is 8.92. The molecule has 0 radical (unpaired) electrons. The molecule has 14 heavy (non-hydrogen) atoms. The maximum atomic E-state index is 11.7. The monoisotopic (exact) mass is 194 g/mol. The van der Waals surface area contributed by atoms with Gasteiger partial charge in [-0.1, -0.05) is 13.8 Å². The number of H-pyrrole nitrogens is 1. The van der Waals surface area contributed by atoms with Gasteiger partial charge in [0.25, 0.3) is 0 Å². The second kappa shape index (κ2) is 5.60. The van der Waals surface area contributed by atoms with E-state index in [9.17, 15) is 4.79 Å². The molecule has 0 aliphatic rings. The van der Waals surface area contributed by atoms with Crippen LogP contribution < -0.4 is 0 Å². The third-order valence-electron chi connectivity index (χ3n) is 2.25. The summed E-state index contributed by atoms with van der Waals surface area (Å²) in [6, 6.07) is 3.67. The lowest BCUT2D eigenvalue weighted by molar-refractivity contribution is 0.0930. The molecule has 0 aliphatic carbocycles. The van der Waals surface area contributed by atoms with Crippen LogP contribution >= 0.6 is 0 Å². The van der Waals surface area contributed by atoms with Gasteiger partial charge in [-0.15, -0.1) is 0 Å². The van der Waals surface area contributed by atoms with Gasteiger partial charge in [-0.3, -0.25) is 9.69 Å². The third kappa shape index (κ3) is 3.00. The molecule has 1 N–H and O–H groups in total. The van der Waals surface area contributed by atoms with Gasteiger partial charge in [0, 0.05) is 6.20 Å². The fraction of sp³-hybridized carbons (Fsp3) is 0.545. The minimum atomic E-state index is 0.172. The third-order valence-corrected chi connectivity index (χ3v) is 2.25. The average Bonchev–Trinajstić information content (AvgIpc) is 2.69. The lowest BCUT2D eigenvalue weighted by atomic mass is 10.2. The van der Waals surface area contributed by atoms with Crippen LogP contribution in [0.3, 0.4) is 0 Å². The number of Topliss-reactive ketones (excluding diaryl/α,β-unsaturated/α-hetero) is 1. The summed E-state index contributed by atoms with van der Waals surface area (Å²) in [7, 11) is 0. The van der Waals surface area contributed by atoms with Crippen molar-refractivity contribution in [3.8, 4) is 0 Å². The van der Waals surface area contributed by atoms with Crippen LogP contribution in [0.2, 0.25) is 0 Å². The number of carbonyl (C=O) groups excluding carboxylic acids is 1. The number of likely N-dealkylation sites (N-methyl/N-ethyl adjacent to an activating group) is 1. The molecule has 0 spiro atoms. The SMILES string of the molecule is CCCN(CC)CC(=O)c1ccc[nH]1. The minimum Gasteiger partial charge on any atom is -0.359 e. The summed E-state index contributed by atoms with van der Waals surface area (Å²) >= 11 is 0. The largest absolute Gasteiger partial charge is 0.359 e. The lowest BCUT2D eigenvalue weighted by Gasteiger charge is -2.17. The Bertz CT molecular complexity index is 267. The van der Waals surface area contributed by atoms with Crippen molar-refractivity contribution in [1.82, 2.24) is 9.88 Å². The van der Waals surface area contributed by atoms with Gasteiger partial charge in [-0.25, -0.2) is 0 Å². The van der Waals surface area contributed by atoms with Crippen LogP contribution in [0.1, 0.15) is 30.8 Å². The van der Waals surface area contributed by atoms with Gasteiger partial charge >= 0.3 is 0 Å². The van der Waals surface area contributed by atoms with E-state index in [1.54, 1.807) is 6.20 Å². The molecule has 1 heterocycles. The van der Waals surface area contributed by atoms with Crippen molar-refractivity contribution in [3.05, 3.63) is 24.0 Å². The highest BCUT2D eigenvalue weighted by molar-refractivity contribution is 5.95. The van der Waals surface area contributed by atoms with Gasteiger partial charge in [0.05, 0.1) is 12.2 Å².